The number of nitrogens with one attached hydrogen (secondary N) is 1. The number of thioether (sulfide) groups is 1. The van der Waals surface area contributed by atoms with Crippen molar-refractivity contribution in [3.63, 3.8) is 0 Å². The van der Waals surface area contributed by atoms with Gasteiger partial charge in [0.2, 0.25) is 11.1 Å². The molecule has 8 nitrogen and oxygen atoms in total. The first kappa shape index (κ1) is 16.1. The number of rotatable bonds is 6. The largest absolute Gasteiger partial charge is 0.356 e. The van der Waals surface area contributed by atoms with Crippen LogP contribution in [0, 0.1) is 5.82 Å². The topological polar surface area (TPSA) is 98.7 Å². The van der Waals surface area contributed by atoms with Crippen molar-refractivity contribution in [1.29, 1.82) is 0 Å². The molecule has 0 saturated heterocycles. The summed E-state index contributed by atoms with van der Waals surface area (Å²) in [5.41, 5.74) is 1.29. The minimum atomic E-state index is -0.318. The number of halogens is 1. The lowest BCUT2D eigenvalue weighted by atomic mass is 10.1. The van der Waals surface area contributed by atoms with Crippen LogP contribution in [0.3, 0.4) is 0 Å². The van der Waals surface area contributed by atoms with Crippen LogP contribution in [-0.2, 0) is 18.4 Å². The second kappa shape index (κ2) is 7.21. The molecule has 1 N–H and O–H groups in total. The van der Waals surface area contributed by atoms with Crippen LogP contribution in [0.25, 0.3) is 11.3 Å². The van der Waals surface area contributed by atoms with Crippen LogP contribution in [0.4, 0.5) is 4.39 Å². The summed E-state index contributed by atoms with van der Waals surface area (Å²) in [5.74, 6) is 0.214. The van der Waals surface area contributed by atoms with Crippen LogP contribution in [0.2, 0.25) is 0 Å². The smallest absolute Gasteiger partial charge is 0.230 e. The molecule has 124 valence electrons. The van der Waals surface area contributed by atoms with Gasteiger partial charge in [-0.25, -0.2) is 9.07 Å². The van der Waals surface area contributed by atoms with E-state index in [1.54, 1.807) is 25.2 Å². The van der Waals surface area contributed by atoms with Crippen molar-refractivity contribution < 1.29 is 13.7 Å². The molecular weight excluding hydrogens is 335 g/mol. The van der Waals surface area contributed by atoms with Crippen molar-refractivity contribution in [3.05, 3.63) is 41.8 Å². The van der Waals surface area contributed by atoms with E-state index in [1.165, 1.54) is 28.6 Å². The van der Waals surface area contributed by atoms with E-state index in [9.17, 15) is 9.18 Å². The fourth-order valence-corrected chi connectivity index (χ4v) is 2.54. The number of carbonyl (C=O) groups excluding carboxylic acids is 1. The van der Waals surface area contributed by atoms with Crippen LogP contribution in [-0.4, -0.2) is 37.0 Å². The van der Waals surface area contributed by atoms with Crippen LogP contribution >= 0.6 is 11.8 Å². The zero-order chi connectivity index (χ0) is 16.9. The molecule has 1 aromatic carbocycles. The summed E-state index contributed by atoms with van der Waals surface area (Å²) in [5, 5.41) is 18.1. The van der Waals surface area contributed by atoms with E-state index in [0.29, 0.717) is 22.2 Å². The van der Waals surface area contributed by atoms with Gasteiger partial charge in [0.15, 0.2) is 5.76 Å². The van der Waals surface area contributed by atoms with Crippen molar-refractivity contribution in [2.45, 2.75) is 11.7 Å². The van der Waals surface area contributed by atoms with Gasteiger partial charge in [-0.1, -0.05) is 16.9 Å². The highest BCUT2D eigenvalue weighted by Crippen LogP contribution is 2.20. The molecule has 10 heteroatoms. The van der Waals surface area contributed by atoms with Gasteiger partial charge in [-0.3, -0.25) is 4.79 Å². The Bertz CT molecular complexity index is 832. The standard InChI is InChI=1S/C14H13FN6O2S/c1-21-14(17-19-20-21)24-8-13(22)16-7-11-6-12(23-18-11)9-2-4-10(15)5-3-9/h2-6H,7-8H2,1H3,(H,16,22). The summed E-state index contributed by atoms with van der Waals surface area (Å²) < 4.78 is 19.6. The monoisotopic (exact) mass is 348 g/mol. The zero-order valence-electron chi connectivity index (χ0n) is 12.6. The predicted molar refractivity (Wildman–Crippen MR) is 83.3 cm³/mol. The van der Waals surface area contributed by atoms with Gasteiger partial charge in [-0.05, 0) is 34.7 Å². The SMILES string of the molecule is Cn1nnnc1SCC(=O)NCc1cc(-c2ccc(F)cc2)on1. The van der Waals surface area contributed by atoms with E-state index >= 15 is 0 Å². The summed E-state index contributed by atoms with van der Waals surface area (Å²) in [6.07, 6.45) is 0. The van der Waals surface area contributed by atoms with Gasteiger partial charge >= 0.3 is 0 Å². The number of hydrogen-bond donors (Lipinski definition) is 1. The van der Waals surface area contributed by atoms with Crippen molar-refractivity contribution in [2.24, 2.45) is 7.05 Å². The average Bonchev–Trinajstić information content (AvgIpc) is 3.21. The first-order chi connectivity index (χ1) is 11.6. The number of benzene rings is 1. The molecule has 3 rings (SSSR count). The van der Waals surface area contributed by atoms with Gasteiger partial charge in [0.25, 0.3) is 0 Å². The number of nitrogens with zero attached hydrogens (tertiary/aromatic N) is 5. The third-order valence-electron chi connectivity index (χ3n) is 3.07. The molecule has 0 bridgehead atoms. The van der Waals surface area contributed by atoms with E-state index in [4.69, 9.17) is 4.52 Å². The Morgan fingerprint density at radius 3 is 2.88 bits per heavy atom. The lowest BCUT2D eigenvalue weighted by molar-refractivity contribution is -0.118. The molecule has 1 amide bonds. The second-order valence-corrected chi connectivity index (χ2v) is 5.78. The summed E-state index contributed by atoms with van der Waals surface area (Å²) in [7, 11) is 1.70. The first-order valence-corrected chi connectivity index (χ1v) is 7.94. The minimum Gasteiger partial charge on any atom is -0.356 e. The van der Waals surface area contributed by atoms with Gasteiger partial charge in [-0.15, -0.1) is 5.10 Å². The number of amides is 1. The number of aryl methyl sites for hydroxylation is 1. The Balaban J connectivity index is 1.51. The lowest BCUT2D eigenvalue weighted by Gasteiger charge is -2.01. The summed E-state index contributed by atoms with van der Waals surface area (Å²) >= 11 is 1.24. The zero-order valence-corrected chi connectivity index (χ0v) is 13.5. The Kier molecular flexibility index (Phi) is 4.85. The molecule has 0 aliphatic carbocycles. The van der Waals surface area contributed by atoms with Crippen LogP contribution in [0.15, 0.2) is 40.0 Å². The maximum absolute atomic E-state index is 12.9. The molecule has 2 heterocycles. The maximum atomic E-state index is 12.9. The van der Waals surface area contributed by atoms with Crippen LogP contribution < -0.4 is 5.32 Å². The predicted octanol–water partition coefficient (Wildman–Crippen LogP) is 1.41. The van der Waals surface area contributed by atoms with Gasteiger partial charge in [-0.2, -0.15) is 0 Å². The maximum Gasteiger partial charge on any atom is 0.230 e. The number of tetrazole rings is 1. The van der Waals surface area contributed by atoms with E-state index in [-0.39, 0.29) is 24.0 Å². The Morgan fingerprint density at radius 2 is 2.17 bits per heavy atom. The molecule has 0 unspecified atom stereocenters. The summed E-state index contributed by atoms with van der Waals surface area (Å²) in [6, 6.07) is 7.59. The number of aromatic nitrogens is 5. The fourth-order valence-electron chi connectivity index (χ4n) is 1.86. The summed E-state index contributed by atoms with van der Waals surface area (Å²) in [4.78, 5) is 11.8. The van der Waals surface area contributed by atoms with E-state index in [0.717, 1.165) is 0 Å². The summed E-state index contributed by atoms with van der Waals surface area (Å²) in [6.45, 7) is 0.237. The fraction of sp³-hybridized carbons (Fsp3) is 0.214. The van der Waals surface area contributed by atoms with E-state index in [2.05, 4.69) is 26.0 Å². The molecule has 3 aromatic rings. The molecule has 0 aliphatic rings. The molecular formula is C14H13FN6O2S. The van der Waals surface area contributed by atoms with Crippen molar-refractivity contribution in [1.82, 2.24) is 30.7 Å². The van der Waals surface area contributed by atoms with Crippen molar-refractivity contribution in [2.75, 3.05) is 5.75 Å². The van der Waals surface area contributed by atoms with E-state index in [1.807, 2.05) is 0 Å². The molecule has 0 saturated carbocycles. The van der Waals surface area contributed by atoms with Crippen molar-refractivity contribution in [3.8, 4) is 11.3 Å². The highest BCUT2D eigenvalue weighted by molar-refractivity contribution is 7.99. The van der Waals surface area contributed by atoms with Crippen molar-refractivity contribution >= 4 is 17.7 Å². The second-order valence-electron chi connectivity index (χ2n) is 4.84. The Hall–Kier alpha value is -2.75. The highest BCUT2D eigenvalue weighted by Gasteiger charge is 2.10. The van der Waals surface area contributed by atoms with Gasteiger partial charge in [0.1, 0.15) is 11.5 Å². The van der Waals surface area contributed by atoms with Crippen LogP contribution in [0.1, 0.15) is 5.69 Å². The number of hydrogen-bond acceptors (Lipinski definition) is 7. The van der Waals surface area contributed by atoms with Gasteiger partial charge in [0, 0.05) is 18.7 Å². The minimum absolute atomic E-state index is 0.172. The molecule has 24 heavy (non-hydrogen) atoms. The third-order valence-corrected chi connectivity index (χ3v) is 4.08. The highest BCUT2D eigenvalue weighted by atomic mass is 32.2. The normalized spacial score (nSPS) is 10.8. The molecule has 0 atom stereocenters. The number of carbonyl (C=O) groups is 1. The molecule has 0 aliphatic heterocycles. The Morgan fingerprint density at radius 1 is 1.38 bits per heavy atom. The lowest BCUT2D eigenvalue weighted by Crippen LogP contribution is -2.24. The first-order valence-electron chi connectivity index (χ1n) is 6.95. The molecule has 0 fully saturated rings. The average molecular weight is 348 g/mol. The van der Waals surface area contributed by atoms with Crippen LogP contribution in [0.5, 0.6) is 0 Å². The molecule has 0 radical (unpaired) electrons. The quantitative estimate of drug-likeness (QED) is 0.673. The Labute approximate surface area is 140 Å². The molecule has 0 spiro atoms. The molecule has 2 aromatic heterocycles. The van der Waals surface area contributed by atoms with E-state index < -0.39 is 0 Å². The third kappa shape index (κ3) is 3.96. The van der Waals surface area contributed by atoms with Gasteiger partial charge in [0.05, 0.1) is 12.3 Å². The van der Waals surface area contributed by atoms with Gasteiger partial charge < -0.3 is 9.84 Å².